The summed E-state index contributed by atoms with van der Waals surface area (Å²) in [5.41, 5.74) is 0. The third kappa shape index (κ3) is 63.5. The molecule has 0 aliphatic heterocycles. The van der Waals surface area contributed by atoms with Gasteiger partial charge in [0.2, 0.25) is 0 Å². The molecule has 0 spiro atoms. The van der Waals surface area contributed by atoms with Gasteiger partial charge in [-0.25, -0.2) is 9.13 Å². The van der Waals surface area contributed by atoms with Crippen LogP contribution in [0.15, 0.2) is 0 Å². The molecule has 19 heteroatoms. The standard InChI is InChI=1S/C71H138O17P2/c1-8-10-11-12-13-14-15-16-20-23-31-38-45-52-68(73)81-58-66(87-70(75)54-47-40-32-24-21-18-17-19-22-28-35-42-49-62(3)4)60-85-89(77,78)83-56-65(72)57-84-90(79,80)86-61-67(59-82-69(74)53-46-39-34-27-29-36-43-50-63(5)6)88-71(76)55-48-41-33-26-25-30-37-44-51-64(7)9-2/h62-67,72H,8-61H2,1-7H3,(H,77,78)(H,79,80)/t64?,65-,66-,67-/m1/s1. The minimum absolute atomic E-state index is 0.104. The maximum absolute atomic E-state index is 13.0. The highest BCUT2D eigenvalue weighted by Gasteiger charge is 2.30. The zero-order valence-corrected chi connectivity index (χ0v) is 60.4. The van der Waals surface area contributed by atoms with Crippen LogP contribution in [0.3, 0.4) is 0 Å². The predicted molar refractivity (Wildman–Crippen MR) is 363 cm³/mol. The van der Waals surface area contributed by atoms with E-state index in [-0.39, 0.29) is 25.7 Å². The number of hydrogen-bond donors (Lipinski definition) is 3. The van der Waals surface area contributed by atoms with E-state index in [9.17, 15) is 43.2 Å². The van der Waals surface area contributed by atoms with Gasteiger partial charge in [0.05, 0.1) is 26.4 Å². The average molecular weight is 1330 g/mol. The number of carbonyl (C=O) groups excluding carboxylic acids is 4. The lowest BCUT2D eigenvalue weighted by Crippen LogP contribution is -2.30. The summed E-state index contributed by atoms with van der Waals surface area (Å²) in [6.07, 6.45) is 45.7. The third-order valence-electron chi connectivity index (χ3n) is 16.7. The lowest BCUT2D eigenvalue weighted by atomic mass is 9.99. The lowest BCUT2D eigenvalue weighted by Gasteiger charge is -2.21. The molecule has 6 atom stereocenters. The highest BCUT2D eigenvalue weighted by Crippen LogP contribution is 2.45. The number of phosphoric ester groups is 2. The number of unbranched alkanes of at least 4 members (excludes halogenated alkanes) is 36. The summed E-state index contributed by atoms with van der Waals surface area (Å²) < 4.78 is 68.3. The molecular weight excluding hydrogens is 1190 g/mol. The van der Waals surface area contributed by atoms with Crippen LogP contribution in [0.4, 0.5) is 0 Å². The van der Waals surface area contributed by atoms with Crippen molar-refractivity contribution in [2.45, 2.75) is 375 Å². The SMILES string of the molecule is CCCCCCCCCCCCCCCC(=O)OC[C@H](COP(=O)(O)OC[C@@H](O)COP(=O)(O)OC[C@@H](COC(=O)CCCCCCCCCC(C)C)OC(=O)CCCCCCCCCCC(C)CC)OC(=O)CCCCCCCCCCCCCCC(C)C. The van der Waals surface area contributed by atoms with E-state index >= 15 is 0 Å². The monoisotopic (exact) mass is 1320 g/mol. The van der Waals surface area contributed by atoms with Gasteiger partial charge in [0.1, 0.15) is 19.3 Å². The summed E-state index contributed by atoms with van der Waals surface area (Å²) in [7, 11) is -9.90. The topological polar surface area (TPSA) is 237 Å². The molecule has 17 nitrogen and oxygen atoms in total. The van der Waals surface area contributed by atoms with Crippen LogP contribution < -0.4 is 0 Å². The van der Waals surface area contributed by atoms with Crippen molar-refractivity contribution in [2.75, 3.05) is 39.6 Å². The minimum atomic E-state index is -4.95. The van der Waals surface area contributed by atoms with Gasteiger partial charge in [-0.15, -0.1) is 0 Å². The first kappa shape index (κ1) is 88.1. The van der Waals surface area contributed by atoms with E-state index in [2.05, 4.69) is 48.5 Å². The van der Waals surface area contributed by atoms with Crippen LogP contribution in [0.1, 0.15) is 357 Å². The van der Waals surface area contributed by atoms with Gasteiger partial charge in [-0.3, -0.25) is 37.3 Å². The van der Waals surface area contributed by atoms with Gasteiger partial charge in [0.25, 0.3) is 0 Å². The zero-order chi connectivity index (χ0) is 66.6. The second-order valence-electron chi connectivity index (χ2n) is 26.8. The molecule has 0 fully saturated rings. The molecule has 0 aromatic heterocycles. The van der Waals surface area contributed by atoms with Gasteiger partial charge in [0.15, 0.2) is 12.2 Å². The van der Waals surface area contributed by atoms with E-state index in [1.807, 2.05) is 0 Å². The van der Waals surface area contributed by atoms with E-state index < -0.39 is 97.5 Å². The highest BCUT2D eigenvalue weighted by molar-refractivity contribution is 7.47. The Hall–Kier alpha value is -1.94. The van der Waals surface area contributed by atoms with E-state index in [0.717, 1.165) is 108 Å². The van der Waals surface area contributed by atoms with E-state index in [1.165, 1.54) is 161 Å². The largest absolute Gasteiger partial charge is 0.472 e. The molecule has 0 aromatic carbocycles. The number of ether oxygens (including phenoxy) is 4. The molecule has 0 heterocycles. The minimum Gasteiger partial charge on any atom is -0.462 e. The van der Waals surface area contributed by atoms with Crippen LogP contribution in [0.2, 0.25) is 0 Å². The summed E-state index contributed by atoms with van der Waals surface area (Å²) in [5.74, 6) is 0.126. The molecular formula is C71H138O17P2. The molecule has 90 heavy (non-hydrogen) atoms. The summed E-state index contributed by atoms with van der Waals surface area (Å²) in [6, 6.07) is 0. The van der Waals surface area contributed by atoms with Crippen molar-refractivity contribution in [1.29, 1.82) is 0 Å². The zero-order valence-electron chi connectivity index (χ0n) is 58.6. The van der Waals surface area contributed by atoms with Gasteiger partial charge in [-0.1, -0.05) is 305 Å². The summed E-state index contributed by atoms with van der Waals surface area (Å²) >= 11 is 0. The number of phosphoric acid groups is 2. The van der Waals surface area contributed by atoms with Crippen molar-refractivity contribution in [3.8, 4) is 0 Å². The number of hydrogen-bond acceptors (Lipinski definition) is 15. The molecule has 534 valence electrons. The smallest absolute Gasteiger partial charge is 0.462 e. The van der Waals surface area contributed by atoms with Crippen molar-refractivity contribution in [3.05, 3.63) is 0 Å². The first-order valence-corrected chi connectivity index (χ1v) is 39.9. The van der Waals surface area contributed by atoms with Gasteiger partial charge >= 0.3 is 39.5 Å². The Labute approximate surface area is 549 Å². The van der Waals surface area contributed by atoms with Crippen LogP contribution >= 0.6 is 15.6 Å². The van der Waals surface area contributed by atoms with Crippen molar-refractivity contribution in [3.63, 3.8) is 0 Å². The second-order valence-corrected chi connectivity index (χ2v) is 29.7. The molecule has 3 unspecified atom stereocenters. The van der Waals surface area contributed by atoms with Crippen LogP contribution in [-0.2, 0) is 65.4 Å². The number of esters is 4. The molecule has 0 saturated carbocycles. The van der Waals surface area contributed by atoms with E-state index in [0.29, 0.717) is 31.6 Å². The van der Waals surface area contributed by atoms with E-state index in [4.69, 9.17) is 37.0 Å². The van der Waals surface area contributed by atoms with Crippen LogP contribution in [0.25, 0.3) is 0 Å². The summed E-state index contributed by atoms with van der Waals surface area (Å²) in [5, 5.41) is 10.6. The first-order valence-electron chi connectivity index (χ1n) is 36.9. The molecule has 0 aliphatic rings. The van der Waals surface area contributed by atoms with Crippen molar-refractivity contribution >= 4 is 39.5 Å². The number of aliphatic hydroxyl groups excluding tert-OH is 1. The Bertz CT molecular complexity index is 1770. The van der Waals surface area contributed by atoms with Gasteiger partial charge < -0.3 is 33.8 Å². The van der Waals surface area contributed by atoms with Gasteiger partial charge in [0, 0.05) is 25.7 Å². The molecule has 0 aromatic rings. The van der Waals surface area contributed by atoms with E-state index in [1.54, 1.807) is 0 Å². The number of carbonyl (C=O) groups is 4. The third-order valence-corrected chi connectivity index (χ3v) is 18.6. The molecule has 0 rings (SSSR count). The Morgan fingerprint density at radius 2 is 0.567 bits per heavy atom. The Balaban J connectivity index is 5.26. The number of rotatable bonds is 69. The first-order chi connectivity index (χ1) is 43.3. The average Bonchev–Trinajstić information content (AvgIpc) is 3.68. The second kappa shape index (κ2) is 61.9. The van der Waals surface area contributed by atoms with Crippen molar-refractivity contribution in [2.24, 2.45) is 17.8 Å². The van der Waals surface area contributed by atoms with Crippen molar-refractivity contribution in [1.82, 2.24) is 0 Å². The van der Waals surface area contributed by atoms with Crippen LogP contribution in [0, 0.1) is 17.8 Å². The van der Waals surface area contributed by atoms with Crippen LogP contribution in [0.5, 0.6) is 0 Å². The molecule has 0 bridgehead atoms. The Kier molecular flexibility index (Phi) is 60.6. The quantitative estimate of drug-likeness (QED) is 0.0222. The molecule has 3 N–H and O–H groups in total. The maximum atomic E-state index is 13.0. The van der Waals surface area contributed by atoms with Gasteiger partial charge in [-0.2, -0.15) is 0 Å². The number of aliphatic hydroxyl groups is 1. The van der Waals surface area contributed by atoms with Crippen molar-refractivity contribution < 1.29 is 80.2 Å². The fourth-order valence-corrected chi connectivity index (χ4v) is 12.3. The molecule has 0 radical (unpaired) electrons. The molecule has 0 aliphatic carbocycles. The Morgan fingerprint density at radius 3 is 0.844 bits per heavy atom. The normalized spacial score (nSPS) is 14.5. The fourth-order valence-electron chi connectivity index (χ4n) is 10.7. The lowest BCUT2D eigenvalue weighted by molar-refractivity contribution is -0.161. The van der Waals surface area contributed by atoms with Crippen LogP contribution in [-0.4, -0.2) is 96.7 Å². The fraction of sp³-hybridized carbons (Fsp3) is 0.944. The highest BCUT2D eigenvalue weighted by atomic mass is 31.2. The molecule has 0 saturated heterocycles. The maximum Gasteiger partial charge on any atom is 0.472 e. The van der Waals surface area contributed by atoms with Gasteiger partial charge in [-0.05, 0) is 43.4 Å². The summed E-state index contributed by atoms with van der Waals surface area (Å²) in [6.45, 7) is 11.8. The Morgan fingerprint density at radius 1 is 0.322 bits per heavy atom. The molecule has 0 amide bonds. The summed E-state index contributed by atoms with van der Waals surface area (Å²) in [4.78, 5) is 72.6. The predicted octanol–water partition coefficient (Wildman–Crippen LogP) is 20.2.